The van der Waals surface area contributed by atoms with Crippen LogP contribution in [0.2, 0.25) is 0 Å². The van der Waals surface area contributed by atoms with Gasteiger partial charge in [0.05, 0.1) is 19.1 Å². The number of esters is 1. The second-order valence-corrected chi connectivity index (χ2v) is 4.75. The molecule has 4 nitrogen and oxygen atoms in total. The van der Waals surface area contributed by atoms with Gasteiger partial charge in [0.25, 0.3) is 0 Å². The molecule has 17 heavy (non-hydrogen) atoms. The fourth-order valence-electron chi connectivity index (χ4n) is 2.76. The molecule has 1 N–H and O–H groups in total. The first-order valence-corrected chi connectivity index (χ1v) is 6.59. The summed E-state index contributed by atoms with van der Waals surface area (Å²) >= 11 is 0. The van der Waals surface area contributed by atoms with E-state index in [9.17, 15) is 4.79 Å². The van der Waals surface area contributed by atoms with E-state index in [1.807, 2.05) is 6.92 Å². The highest BCUT2D eigenvalue weighted by Crippen LogP contribution is 2.32. The van der Waals surface area contributed by atoms with E-state index in [2.05, 4.69) is 12.2 Å². The molecule has 0 saturated heterocycles. The van der Waals surface area contributed by atoms with Gasteiger partial charge >= 0.3 is 5.97 Å². The van der Waals surface area contributed by atoms with Gasteiger partial charge in [-0.15, -0.1) is 0 Å². The summed E-state index contributed by atoms with van der Waals surface area (Å²) in [4.78, 5) is 11.7. The van der Waals surface area contributed by atoms with Crippen molar-refractivity contribution in [3.05, 3.63) is 0 Å². The zero-order chi connectivity index (χ0) is 12.7. The molecule has 0 aliphatic heterocycles. The predicted molar refractivity (Wildman–Crippen MR) is 66.9 cm³/mol. The maximum Gasteiger partial charge on any atom is 0.307 e. The summed E-state index contributed by atoms with van der Waals surface area (Å²) in [5.41, 5.74) is -0.125. The van der Waals surface area contributed by atoms with Gasteiger partial charge in [0.2, 0.25) is 0 Å². The van der Waals surface area contributed by atoms with Crippen LogP contribution in [0.3, 0.4) is 0 Å². The molecule has 1 saturated carbocycles. The van der Waals surface area contributed by atoms with E-state index < -0.39 is 0 Å². The Bertz CT molecular complexity index is 241. The second-order valence-electron chi connectivity index (χ2n) is 4.75. The summed E-state index contributed by atoms with van der Waals surface area (Å²) in [6.07, 6.45) is 4.83. The molecule has 1 aliphatic rings. The molecule has 2 unspecified atom stereocenters. The summed E-state index contributed by atoms with van der Waals surface area (Å²) in [7, 11) is 1.75. The third-order valence-corrected chi connectivity index (χ3v) is 3.47. The van der Waals surface area contributed by atoms with Crippen molar-refractivity contribution >= 4 is 5.97 Å². The summed E-state index contributed by atoms with van der Waals surface area (Å²) in [5, 5.41) is 3.47. The van der Waals surface area contributed by atoms with Crippen LogP contribution in [0, 0.1) is 0 Å². The number of hydrogen-bond acceptors (Lipinski definition) is 4. The first-order chi connectivity index (χ1) is 8.15. The molecule has 1 fully saturated rings. The molecule has 0 aromatic heterocycles. The minimum atomic E-state index is -0.125. The van der Waals surface area contributed by atoms with Gasteiger partial charge in [-0.25, -0.2) is 0 Å². The summed E-state index contributed by atoms with van der Waals surface area (Å²) in [5.74, 6) is -0.106. The van der Waals surface area contributed by atoms with Crippen molar-refractivity contribution < 1.29 is 14.3 Å². The molecule has 0 heterocycles. The summed E-state index contributed by atoms with van der Waals surface area (Å²) in [6, 6.07) is 0. The van der Waals surface area contributed by atoms with Gasteiger partial charge in [-0.2, -0.15) is 0 Å². The Labute approximate surface area is 104 Å². The van der Waals surface area contributed by atoms with Crippen LogP contribution in [0.15, 0.2) is 0 Å². The molecule has 0 aromatic carbocycles. The van der Waals surface area contributed by atoms with Crippen LogP contribution < -0.4 is 5.32 Å². The smallest absolute Gasteiger partial charge is 0.307 e. The predicted octanol–water partition coefficient (Wildman–Crippen LogP) is 1.88. The normalized spacial score (nSPS) is 29.0. The van der Waals surface area contributed by atoms with Gasteiger partial charge in [-0.3, -0.25) is 4.79 Å². The number of nitrogens with one attached hydrogen (secondary N) is 1. The van der Waals surface area contributed by atoms with E-state index in [-0.39, 0.29) is 17.6 Å². The highest BCUT2D eigenvalue weighted by molar-refractivity contribution is 5.71. The van der Waals surface area contributed by atoms with Crippen molar-refractivity contribution in [1.29, 1.82) is 0 Å². The average Bonchev–Trinajstić information content (AvgIpc) is 2.29. The largest absolute Gasteiger partial charge is 0.466 e. The van der Waals surface area contributed by atoms with Crippen molar-refractivity contribution in [3.63, 3.8) is 0 Å². The van der Waals surface area contributed by atoms with Crippen LogP contribution in [0.1, 0.15) is 46.0 Å². The molecule has 0 radical (unpaired) electrons. The molecular weight excluding hydrogens is 218 g/mol. The number of ether oxygens (including phenoxy) is 2. The van der Waals surface area contributed by atoms with Crippen LogP contribution in [-0.4, -0.2) is 37.9 Å². The van der Waals surface area contributed by atoms with Gasteiger partial charge in [-0.1, -0.05) is 6.92 Å². The lowest BCUT2D eigenvalue weighted by atomic mass is 9.77. The van der Waals surface area contributed by atoms with Crippen LogP contribution in [0.4, 0.5) is 0 Å². The number of hydrogen-bond donors (Lipinski definition) is 1. The lowest BCUT2D eigenvalue weighted by Gasteiger charge is -2.40. The lowest BCUT2D eigenvalue weighted by molar-refractivity contribution is -0.145. The molecule has 0 spiro atoms. The number of carbonyl (C=O) groups is 1. The Hall–Kier alpha value is -0.610. The van der Waals surface area contributed by atoms with Gasteiger partial charge in [0.15, 0.2) is 0 Å². The van der Waals surface area contributed by atoms with Gasteiger partial charge in [0.1, 0.15) is 0 Å². The molecule has 1 aliphatic carbocycles. The topological polar surface area (TPSA) is 47.6 Å². The monoisotopic (exact) mass is 243 g/mol. The third-order valence-electron chi connectivity index (χ3n) is 3.47. The van der Waals surface area contributed by atoms with Crippen molar-refractivity contribution in [2.45, 2.75) is 57.6 Å². The SMILES string of the molecule is CCNC1(CC(=O)OCC)CCCC(OC)C1. The van der Waals surface area contributed by atoms with Crippen molar-refractivity contribution in [2.75, 3.05) is 20.3 Å². The molecule has 0 amide bonds. The lowest BCUT2D eigenvalue weighted by Crippen LogP contribution is -2.51. The molecule has 0 aromatic rings. The highest BCUT2D eigenvalue weighted by Gasteiger charge is 2.38. The Morgan fingerprint density at radius 3 is 2.82 bits per heavy atom. The standard InChI is InChI=1S/C13H25NO3/c1-4-14-13(10-12(15)17-5-2)8-6-7-11(9-13)16-3/h11,14H,4-10H2,1-3H3. The highest BCUT2D eigenvalue weighted by atomic mass is 16.5. The van der Waals surface area contributed by atoms with E-state index in [4.69, 9.17) is 9.47 Å². The van der Waals surface area contributed by atoms with Crippen LogP contribution in [-0.2, 0) is 14.3 Å². The molecule has 2 atom stereocenters. The van der Waals surface area contributed by atoms with Crippen LogP contribution in [0.5, 0.6) is 0 Å². The van der Waals surface area contributed by atoms with E-state index >= 15 is 0 Å². The van der Waals surface area contributed by atoms with Crippen molar-refractivity contribution in [2.24, 2.45) is 0 Å². The van der Waals surface area contributed by atoms with Gasteiger partial charge < -0.3 is 14.8 Å². The Balaban J connectivity index is 2.63. The molecule has 100 valence electrons. The van der Waals surface area contributed by atoms with Gasteiger partial charge in [0, 0.05) is 12.6 Å². The first-order valence-electron chi connectivity index (χ1n) is 6.59. The van der Waals surface area contributed by atoms with E-state index in [0.717, 1.165) is 32.2 Å². The second kappa shape index (κ2) is 6.97. The number of rotatable bonds is 6. The Kier molecular flexibility index (Phi) is 5.92. The maximum atomic E-state index is 11.7. The van der Waals surface area contributed by atoms with E-state index in [1.54, 1.807) is 7.11 Å². The summed E-state index contributed by atoms with van der Waals surface area (Å²) in [6.45, 7) is 5.24. The fourth-order valence-corrected chi connectivity index (χ4v) is 2.76. The van der Waals surface area contributed by atoms with Crippen LogP contribution >= 0.6 is 0 Å². The molecule has 1 rings (SSSR count). The quantitative estimate of drug-likeness (QED) is 0.724. The van der Waals surface area contributed by atoms with E-state index in [1.165, 1.54) is 0 Å². The zero-order valence-corrected chi connectivity index (χ0v) is 11.3. The van der Waals surface area contributed by atoms with Crippen LogP contribution in [0.25, 0.3) is 0 Å². The van der Waals surface area contributed by atoms with E-state index in [0.29, 0.717) is 13.0 Å². The Morgan fingerprint density at radius 1 is 1.47 bits per heavy atom. The average molecular weight is 243 g/mol. The molecule has 0 bridgehead atoms. The minimum Gasteiger partial charge on any atom is -0.466 e. The zero-order valence-electron chi connectivity index (χ0n) is 11.3. The van der Waals surface area contributed by atoms with Crippen molar-refractivity contribution in [1.82, 2.24) is 5.32 Å². The number of methoxy groups -OCH3 is 1. The first kappa shape index (κ1) is 14.5. The fraction of sp³-hybridized carbons (Fsp3) is 0.923. The molecule has 4 heteroatoms. The maximum absolute atomic E-state index is 11.7. The third kappa shape index (κ3) is 4.28. The summed E-state index contributed by atoms with van der Waals surface area (Å²) < 4.78 is 10.5. The number of carbonyl (C=O) groups excluding carboxylic acids is 1. The molecular formula is C13H25NO3. The van der Waals surface area contributed by atoms with Crippen molar-refractivity contribution in [3.8, 4) is 0 Å². The minimum absolute atomic E-state index is 0.106. The Morgan fingerprint density at radius 2 is 2.24 bits per heavy atom. The van der Waals surface area contributed by atoms with Gasteiger partial charge in [-0.05, 0) is 39.2 Å².